The normalized spacial score (nSPS) is 19.1. The van der Waals surface area contributed by atoms with Gasteiger partial charge in [0.2, 0.25) is 0 Å². The SMILES string of the molecule is CCC1(CC)CCN(Cc2sccc2C=CC(=O)O)CC1. The van der Waals surface area contributed by atoms with Crippen LogP contribution in [0.15, 0.2) is 17.5 Å². The van der Waals surface area contributed by atoms with E-state index < -0.39 is 5.97 Å². The molecule has 0 saturated carbocycles. The zero-order chi connectivity index (χ0) is 15.3. The van der Waals surface area contributed by atoms with Crippen LogP contribution < -0.4 is 0 Å². The molecular formula is C17H25NO2S. The maximum Gasteiger partial charge on any atom is 0.328 e. The predicted octanol–water partition coefficient (Wildman–Crippen LogP) is 4.25. The van der Waals surface area contributed by atoms with Gasteiger partial charge in [-0.3, -0.25) is 4.90 Å². The first-order valence-corrected chi connectivity index (χ1v) is 8.66. The number of carboxylic acid groups (broad SMARTS) is 1. The van der Waals surface area contributed by atoms with Crippen molar-refractivity contribution in [2.75, 3.05) is 13.1 Å². The molecule has 4 heteroatoms. The minimum absolute atomic E-state index is 0.554. The molecule has 0 bridgehead atoms. The highest BCUT2D eigenvalue weighted by Gasteiger charge is 2.31. The van der Waals surface area contributed by atoms with Gasteiger partial charge in [0.25, 0.3) is 0 Å². The van der Waals surface area contributed by atoms with Crippen molar-refractivity contribution in [1.82, 2.24) is 4.90 Å². The van der Waals surface area contributed by atoms with Crippen LogP contribution in [0.25, 0.3) is 6.08 Å². The highest BCUT2D eigenvalue weighted by molar-refractivity contribution is 7.10. The standard InChI is InChI=1S/C17H25NO2S/c1-3-17(4-2)8-10-18(11-9-17)13-15-14(7-12-21-15)5-6-16(19)20/h5-7,12H,3-4,8-11,13H2,1-2H3,(H,19,20). The largest absolute Gasteiger partial charge is 0.478 e. The number of rotatable bonds is 6. The first-order valence-electron chi connectivity index (χ1n) is 7.78. The van der Waals surface area contributed by atoms with E-state index in [1.165, 1.54) is 36.6 Å². The first-order chi connectivity index (χ1) is 10.1. The molecule has 2 heterocycles. The van der Waals surface area contributed by atoms with Gasteiger partial charge in [-0.05, 0) is 54.4 Å². The van der Waals surface area contributed by atoms with E-state index in [2.05, 4.69) is 18.7 Å². The Bertz CT molecular complexity index is 493. The molecule has 1 aromatic heterocycles. The van der Waals surface area contributed by atoms with Gasteiger partial charge >= 0.3 is 5.97 Å². The van der Waals surface area contributed by atoms with Crippen LogP contribution in [0.4, 0.5) is 0 Å². The van der Waals surface area contributed by atoms with E-state index in [-0.39, 0.29) is 0 Å². The highest BCUT2D eigenvalue weighted by Crippen LogP contribution is 2.38. The summed E-state index contributed by atoms with van der Waals surface area (Å²) in [6, 6.07) is 2.01. The van der Waals surface area contributed by atoms with E-state index in [1.807, 2.05) is 11.4 Å². The predicted molar refractivity (Wildman–Crippen MR) is 88.5 cm³/mol. The number of piperidine rings is 1. The van der Waals surface area contributed by atoms with Crippen LogP contribution in [-0.2, 0) is 11.3 Å². The van der Waals surface area contributed by atoms with E-state index in [9.17, 15) is 4.79 Å². The van der Waals surface area contributed by atoms with Crippen LogP contribution >= 0.6 is 11.3 Å². The second-order valence-corrected chi connectivity index (χ2v) is 6.95. The lowest BCUT2D eigenvalue weighted by molar-refractivity contribution is -0.131. The van der Waals surface area contributed by atoms with Gasteiger partial charge in [0.05, 0.1) is 0 Å². The lowest BCUT2D eigenvalue weighted by Gasteiger charge is -2.41. The van der Waals surface area contributed by atoms with E-state index in [4.69, 9.17) is 5.11 Å². The number of carbonyl (C=O) groups is 1. The zero-order valence-electron chi connectivity index (χ0n) is 13.0. The molecule has 0 amide bonds. The number of thiophene rings is 1. The van der Waals surface area contributed by atoms with Crippen molar-refractivity contribution >= 4 is 23.4 Å². The van der Waals surface area contributed by atoms with E-state index in [0.29, 0.717) is 5.41 Å². The summed E-state index contributed by atoms with van der Waals surface area (Å²) in [5.74, 6) is -0.888. The molecule has 0 aliphatic carbocycles. The number of likely N-dealkylation sites (tertiary alicyclic amines) is 1. The van der Waals surface area contributed by atoms with Crippen molar-refractivity contribution in [1.29, 1.82) is 0 Å². The molecule has 116 valence electrons. The minimum atomic E-state index is -0.888. The molecule has 1 aromatic rings. The van der Waals surface area contributed by atoms with Crippen molar-refractivity contribution in [2.24, 2.45) is 5.41 Å². The number of carboxylic acids is 1. The molecule has 1 aliphatic rings. The summed E-state index contributed by atoms with van der Waals surface area (Å²) in [6.07, 6.45) is 8.06. The quantitative estimate of drug-likeness (QED) is 0.799. The lowest BCUT2D eigenvalue weighted by atomic mass is 9.74. The molecule has 21 heavy (non-hydrogen) atoms. The summed E-state index contributed by atoms with van der Waals surface area (Å²) < 4.78 is 0. The van der Waals surface area contributed by atoms with Crippen molar-refractivity contribution < 1.29 is 9.90 Å². The zero-order valence-corrected chi connectivity index (χ0v) is 13.8. The van der Waals surface area contributed by atoms with E-state index in [0.717, 1.165) is 25.2 Å². The Morgan fingerprint density at radius 1 is 1.38 bits per heavy atom. The number of hydrogen-bond acceptors (Lipinski definition) is 3. The Kier molecular flexibility index (Phi) is 5.59. The second-order valence-electron chi connectivity index (χ2n) is 5.95. The van der Waals surface area contributed by atoms with Gasteiger partial charge in [-0.2, -0.15) is 0 Å². The van der Waals surface area contributed by atoms with Crippen molar-refractivity contribution in [3.8, 4) is 0 Å². The smallest absolute Gasteiger partial charge is 0.328 e. The van der Waals surface area contributed by atoms with Gasteiger partial charge in [0.1, 0.15) is 0 Å². The van der Waals surface area contributed by atoms with Gasteiger partial charge < -0.3 is 5.11 Å². The van der Waals surface area contributed by atoms with Gasteiger partial charge in [-0.15, -0.1) is 11.3 Å². The maximum atomic E-state index is 10.6. The third kappa shape index (κ3) is 4.17. The van der Waals surface area contributed by atoms with Crippen LogP contribution in [0.2, 0.25) is 0 Å². The number of aliphatic carboxylic acids is 1. The number of hydrogen-bond donors (Lipinski definition) is 1. The van der Waals surface area contributed by atoms with Crippen LogP contribution in [-0.4, -0.2) is 29.1 Å². The Hall–Kier alpha value is -1.13. The average Bonchev–Trinajstić information content (AvgIpc) is 2.93. The summed E-state index contributed by atoms with van der Waals surface area (Å²) >= 11 is 1.72. The molecule has 3 nitrogen and oxygen atoms in total. The lowest BCUT2D eigenvalue weighted by Crippen LogP contribution is -2.39. The van der Waals surface area contributed by atoms with Crippen LogP contribution in [0.1, 0.15) is 50.0 Å². The molecule has 0 atom stereocenters. The van der Waals surface area contributed by atoms with Gasteiger partial charge in [-0.1, -0.05) is 26.7 Å². The van der Waals surface area contributed by atoms with E-state index >= 15 is 0 Å². The fraction of sp³-hybridized carbons (Fsp3) is 0.588. The molecule has 0 aromatic carbocycles. The fourth-order valence-electron chi connectivity index (χ4n) is 3.13. The third-order valence-corrected chi connectivity index (χ3v) is 5.89. The van der Waals surface area contributed by atoms with Crippen molar-refractivity contribution in [3.05, 3.63) is 28.0 Å². The molecule has 1 saturated heterocycles. The molecule has 0 unspecified atom stereocenters. The Balaban J connectivity index is 1.95. The molecule has 1 N–H and O–H groups in total. The van der Waals surface area contributed by atoms with Gasteiger partial charge in [-0.25, -0.2) is 4.79 Å². The van der Waals surface area contributed by atoms with Crippen LogP contribution in [0.3, 0.4) is 0 Å². The fourth-order valence-corrected chi connectivity index (χ4v) is 4.04. The number of nitrogens with zero attached hydrogens (tertiary/aromatic N) is 1. The minimum Gasteiger partial charge on any atom is -0.478 e. The third-order valence-electron chi connectivity index (χ3n) is 4.97. The summed E-state index contributed by atoms with van der Waals surface area (Å²) in [4.78, 5) is 14.4. The molecule has 0 radical (unpaired) electrons. The molecule has 1 aliphatic heterocycles. The topological polar surface area (TPSA) is 40.5 Å². The molecular weight excluding hydrogens is 282 g/mol. The highest BCUT2D eigenvalue weighted by atomic mass is 32.1. The van der Waals surface area contributed by atoms with Gasteiger partial charge in [0.15, 0.2) is 0 Å². The summed E-state index contributed by atoms with van der Waals surface area (Å²) in [6.45, 7) is 7.88. The van der Waals surface area contributed by atoms with Gasteiger partial charge in [0, 0.05) is 17.5 Å². The Morgan fingerprint density at radius 2 is 2.05 bits per heavy atom. The summed E-state index contributed by atoms with van der Waals surface area (Å²) in [5.41, 5.74) is 1.60. The van der Waals surface area contributed by atoms with Crippen LogP contribution in [0.5, 0.6) is 0 Å². The maximum absolute atomic E-state index is 10.6. The monoisotopic (exact) mass is 307 g/mol. The molecule has 0 spiro atoms. The molecule has 2 rings (SSSR count). The van der Waals surface area contributed by atoms with Crippen molar-refractivity contribution in [3.63, 3.8) is 0 Å². The van der Waals surface area contributed by atoms with Crippen molar-refractivity contribution in [2.45, 2.75) is 46.1 Å². The van der Waals surface area contributed by atoms with Crippen LogP contribution in [0, 0.1) is 5.41 Å². The second kappa shape index (κ2) is 7.23. The average molecular weight is 307 g/mol. The van der Waals surface area contributed by atoms with E-state index in [1.54, 1.807) is 17.4 Å². The summed E-state index contributed by atoms with van der Waals surface area (Å²) in [7, 11) is 0. The first kappa shape index (κ1) is 16.2. The Morgan fingerprint density at radius 3 is 2.62 bits per heavy atom. The Labute approximate surface area is 131 Å². The molecule has 1 fully saturated rings. The summed E-state index contributed by atoms with van der Waals surface area (Å²) in [5, 5.41) is 10.8.